The smallest absolute Gasteiger partial charge is 0.328 e. The normalized spacial score (nSPS) is 13.5. The van der Waals surface area contributed by atoms with Crippen molar-refractivity contribution in [1.82, 2.24) is 10.6 Å². The van der Waals surface area contributed by atoms with E-state index in [0.29, 0.717) is 10.5 Å². The van der Waals surface area contributed by atoms with Gasteiger partial charge in [0.05, 0.1) is 17.9 Å². The molecule has 2 aromatic carbocycles. The third kappa shape index (κ3) is 7.93. The predicted molar refractivity (Wildman–Crippen MR) is 114 cm³/mol. The van der Waals surface area contributed by atoms with Gasteiger partial charge in [-0.2, -0.15) is 0 Å². The maximum Gasteiger partial charge on any atom is 0.328 e. The zero-order valence-corrected chi connectivity index (χ0v) is 18.1. The van der Waals surface area contributed by atoms with Gasteiger partial charge in [-0.15, -0.1) is 0 Å². The van der Waals surface area contributed by atoms with Gasteiger partial charge in [0.25, 0.3) is 0 Å². The molecular weight excluding hydrogens is 423 g/mol. The molecule has 2 N–H and O–H groups in total. The van der Waals surface area contributed by atoms with Crippen molar-refractivity contribution in [3.05, 3.63) is 66.0 Å². The summed E-state index contributed by atoms with van der Waals surface area (Å²) in [7, 11) is -0.161. The van der Waals surface area contributed by atoms with Crippen molar-refractivity contribution >= 4 is 28.6 Å². The molecule has 166 valence electrons. The molecule has 0 aliphatic heterocycles. The van der Waals surface area contributed by atoms with Crippen LogP contribution in [0.15, 0.2) is 59.5 Å². The van der Waals surface area contributed by atoms with Crippen molar-refractivity contribution in [2.45, 2.75) is 36.7 Å². The van der Waals surface area contributed by atoms with Crippen LogP contribution >= 0.6 is 0 Å². The Hall–Kier alpha value is -3.07. The van der Waals surface area contributed by atoms with E-state index in [4.69, 9.17) is 4.74 Å². The fourth-order valence-electron chi connectivity index (χ4n) is 2.89. The van der Waals surface area contributed by atoms with Crippen LogP contribution in [0.3, 0.4) is 0 Å². The Kier molecular flexibility index (Phi) is 9.33. The van der Waals surface area contributed by atoms with Gasteiger partial charge < -0.3 is 15.4 Å². The number of nitrogens with one attached hydrogen (secondary N) is 2. The number of amides is 2. The molecule has 0 bridgehead atoms. The molecular formula is C22H25FN2O5S. The SMILES string of the molecule is COC(=O)[C@@H](CC[S@](=O)c1ccccc1)NC(=O)[C@H](Cc1ccc(F)cc1)NC(C)=O. The second-order valence-corrected chi connectivity index (χ2v) is 8.39. The van der Waals surface area contributed by atoms with Crippen LogP contribution in [-0.4, -0.2) is 46.9 Å². The van der Waals surface area contributed by atoms with Gasteiger partial charge in [0.1, 0.15) is 17.9 Å². The zero-order valence-electron chi connectivity index (χ0n) is 17.3. The molecule has 31 heavy (non-hydrogen) atoms. The number of carbonyl (C=O) groups excluding carboxylic acids is 3. The molecule has 2 aromatic rings. The van der Waals surface area contributed by atoms with E-state index in [0.717, 1.165) is 0 Å². The first-order chi connectivity index (χ1) is 14.8. The van der Waals surface area contributed by atoms with Gasteiger partial charge in [-0.05, 0) is 36.2 Å². The van der Waals surface area contributed by atoms with E-state index in [1.165, 1.54) is 38.3 Å². The maximum atomic E-state index is 13.1. The van der Waals surface area contributed by atoms with Gasteiger partial charge in [-0.1, -0.05) is 30.3 Å². The summed E-state index contributed by atoms with van der Waals surface area (Å²) in [5, 5.41) is 5.11. The lowest BCUT2D eigenvalue weighted by Crippen LogP contribution is -2.52. The molecule has 3 atom stereocenters. The van der Waals surface area contributed by atoms with E-state index in [-0.39, 0.29) is 18.6 Å². The number of rotatable bonds is 10. The Morgan fingerprint density at radius 2 is 1.65 bits per heavy atom. The standard InChI is InChI=1S/C22H25FN2O5S/c1-15(26)24-20(14-16-8-10-17(23)11-9-16)21(27)25-19(22(28)30-2)12-13-31(29)18-6-4-3-5-7-18/h3-11,19-20H,12-14H2,1-2H3,(H,24,26)(H,25,27)/t19-,20+,31+/m1/s1. The molecule has 0 radical (unpaired) electrons. The van der Waals surface area contributed by atoms with E-state index >= 15 is 0 Å². The Morgan fingerprint density at radius 1 is 1.00 bits per heavy atom. The highest BCUT2D eigenvalue weighted by Gasteiger charge is 2.27. The van der Waals surface area contributed by atoms with Gasteiger partial charge in [0, 0.05) is 24.0 Å². The lowest BCUT2D eigenvalue weighted by molar-refractivity contribution is -0.145. The average molecular weight is 449 g/mol. The van der Waals surface area contributed by atoms with Gasteiger partial charge in [-0.25, -0.2) is 9.18 Å². The van der Waals surface area contributed by atoms with E-state index in [2.05, 4.69) is 10.6 Å². The molecule has 0 unspecified atom stereocenters. The second-order valence-electron chi connectivity index (χ2n) is 6.82. The zero-order chi connectivity index (χ0) is 22.8. The quantitative estimate of drug-likeness (QED) is 0.539. The number of hydrogen-bond donors (Lipinski definition) is 2. The molecule has 9 heteroatoms. The van der Waals surface area contributed by atoms with Crippen molar-refractivity contribution < 1.29 is 27.7 Å². The van der Waals surface area contributed by atoms with E-state index < -0.39 is 46.5 Å². The highest BCUT2D eigenvalue weighted by Crippen LogP contribution is 2.10. The van der Waals surface area contributed by atoms with Crippen molar-refractivity contribution in [3.63, 3.8) is 0 Å². The summed E-state index contributed by atoms with van der Waals surface area (Å²) in [5.74, 6) is -1.99. The molecule has 7 nitrogen and oxygen atoms in total. The Balaban J connectivity index is 2.07. The molecule has 2 amide bonds. The van der Waals surface area contributed by atoms with Crippen LogP contribution in [0.2, 0.25) is 0 Å². The van der Waals surface area contributed by atoms with E-state index in [1.807, 2.05) is 6.07 Å². The fraction of sp³-hybridized carbons (Fsp3) is 0.318. The Bertz CT molecular complexity index is 921. The first-order valence-corrected chi connectivity index (χ1v) is 10.9. The van der Waals surface area contributed by atoms with Gasteiger partial charge in [0.2, 0.25) is 11.8 Å². The summed E-state index contributed by atoms with van der Waals surface area (Å²) >= 11 is 0. The first-order valence-electron chi connectivity index (χ1n) is 9.63. The first kappa shape index (κ1) is 24.2. The number of hydrogen-bond acceptors (Lipinski definition) is 5. The third-order valence-electron chi connectivity index (χ3n) is 4.45. The predicted octanol–water partition coefficient (Wildman–Crippen LogP) is 1.73. The van der Waals surface area contributed by atoms with Crippen molar-refractivity contribution in [3.8, 4) is 0 Å². The number of benzene rings is 2. The third-order valence-corrected chi connectivity index (χ3v) is 5.85. The number of ether oxygens (including phenoxy) is 1. The molecule has 0 fully saturated rings. The van der Waals surface area contributed by atoms with Gasteiger partial charge in [0.15, 0.2) is 0 Å². The summed E-state index contributed by atoms with van der Waals surface area (Å²) in [6.45, 7) is 1.27. The van der Waals surface area contributed by atoms with Crippen LogP contribution in [-0.2, 0) is 36.3 Å². The number of halogens is 1. The summed E-state index contributed by atoms with van der Waals surface area (Å²) in [6.07, 6.45) is 0.193. The molecule has 0 heterocycles. The summed E-state index contributed by atoms with van der Waals surface area (Å²) in [6, 6.07) is 12.3. The minimum atomic E-state index is -1.36. The van der Waals surface area contributed by atoms with Crippen LogP contribution in [0.5, 0.6) is 0 Å². The van der Waals surface area contributed by atoms with Gasteiger partial charge >= 0.3 is 5.97 Å². The van der Waals surface area contributed by atoms with Crippen molar-refractivity contribution in [1.29, 1.82) is 0 Å². The fourth-order valence-corrected chi connectivity index (χ4v) is 4.04. The topological polar surface area (TPSA) is 102 Å². The largest absolute Gasteiger partial charge is 0.467 e. The van der Waals surface area contributed by atoms with E-state index in [1.54, 1.807) is 24.3 Å². The van der Waals surface area contributed by atoms with Crippen LogP contribution in [0.25, 0.3) is 0 Å². The average Bonchev–Trinajstić information content (AvgIpc) is 2.77. The molecule has 0 aromatic heterocycles. The second kappa shape index (κ2) is 11.9. The Labute approximate surface area is 182 Å². The number of esters is 1. The van der Waals surface area contributed by atoms with Crippen LogP contribution < -0.4 is 10.6 Å². The highest BCUT2D eigenvalue weighted by atomic mass is 32.2. The molecule has 0 saturated heterocycles. The molecule has 0 aliphatic rings. The number of methoxy groups -OCH3 is 1. The minimum absolute atomic E-state index is 0.0866. The molecule has 2 rings (SSSR count). The van der Waals surface area contributed by atoms with Crippen LogP contribution in [0.1, 0.15) is 18.9 Å². The maximum absolute atomic E-state index is 13.1. The van der Waals surface area contributed by atoms with Crippen molar-refractivity contribution in [2.24, 2.45) is 0 Å². The van der Waals surface area contributed by atoms with E-state index in [9.17, 15) is 23.0 Å². The lowest BCUT2D eigenvalue weighted by atomic mass is 10.0. The Morgan fingerprint density at radius 3 is 2.23 bits per heavy atom. The number of carbonyl (C=O) groups is 3. The van der Waals surface area contributed by atoms with Gasteiger partial charge in [-0.3, -0.25) is 13.8 Å². The highest BCUT2D eigenvalue weighted by molar-refractivity contribution is 7.85. The minimum Gasteiger partial charge on any atom is -0.467 e. The summed E-state index contributed by atoms with van der Waals surface area (Å²) in [5.41, 5.74) is 0.634. The lowest BCUT2D eigenvalue weighted by Gasteiger charge is -2.22. The van der Waals surface area contributed by atoms with Crippen molar-refractivity contribution in [2.75, 3.05) is 12.9 Å². The summed E-state index contributed by atoms with van der Waals surface area (Å²) < 4.78 is 30.4. The molecule has 0 saturated carbocycles. The summed E-state index contributed by atoms with van der Waals surface area (Å²) in [4.78, 5) is 37.2. The monoisotopic (exact) mass is 448 g/mol. The van der Waals surface area contributed by atoms with Crippen LogP contribution in [0.4, 0.5) is 4.39 Å². The molecule has 0 aliphatic carbocycles. The molecule has 0 spiro atoms. The van der Waals surface area contributed by atoms with Crippen LogP contribution in [0, 0.1) is 5.82 Å².